The Bertz CT molecular complexity index is 382. The van der Waals surface area contributed by atoms with E-state index >= 15 is 0 Å². The Labute approximate surface area is 104 Å². The van der Waals surface area contributed by atoms with Gasteiger partial charge in [0, 0.05) is 12.1 Å². The molecule has 1 saturated heterocycles. The minimum atomic E-state index is 0.628. The summed E-state index contributed by atoms with van der Waals surface area (Å²) in [5.41, 5.74) is 3.11. The number of rotatable bonds is 2. The lowest BCUT2D eigenvalue weighted by molar-refractivity contribution is 0.185. The van der Waals surface area contributed by atoms with E-state index in [4.69, 9.17) is 0 Å². The second-order valence-electron chi connectivity index (χ2n) is 5.38. The zero-order valence-corrected chi connectivity index (χ0v) is 10.7. The third-order valence-electron chi connectivity index (χ3n) is 4.43. The van der Waals surface area contributed by atoms with Crippen molar-refractivity contribution in [2.75, 3.05) is 20.1 Å². The number of fused-ring (bicyclic) bond motifs is 1. The Morgan fingerprint density at radius 3 is 2.35 bits per heavy atom. The Morgan fingerprint density at radius 1 is 1.06 bits per heavy atom. The SMILES string of the molecule is CN[C@@H]1Cc2ccccc2C[C@H]1N1CCCC1. The molecule has 92 valence electrons. The summed E-state index contributed by atoms with van der Waals surface area (Å²) in [6.07, 6.45) is 5.18. The summed E-state index contributed by atoms with van der Waals surface area (Å²) in [5.74, 6) is 0. The van der Waals surface area contributed by atoms with Crippen LogP contribution in [0.5, 0.6) is 0 Å². The number of nitrogens with zero attached hydrogens (tertiary/aromatic N) is 1. The summed E-state index contributed by atoms with van der Waals surface area (Å²) in [5, 5.41) is 3.53. The molecule has 0 radical (unpaired) electrons. The molecule has 1 N–H and O–H groups in total. The Kier molecular flexibility index (Phi) is 3.17. The molecule has 1 fully saturated rings. The molecule has 1 heterocycles. The Hall–Kier alpha value is -0.860. The number of benzene rings is 1. The lowest BCUT2D eigenvalue weighted by atomic mass is 9.84. The second kappa shape index (κ2) is 4.79. The second-order valence-corrected chi connectivity index (χ2v) is 5.38. The van der Waals surface area contributed by atoms with Crippen molar-refractivity contribution in [2.24, 2.45) is 0 Å². The molecule has 0 saturated carbocycles. The minimum absolute atomic E-state index is 0.628. The molecule has 1 aliphatic carbocycles. The zero-order valence-electron chi connectivity index (χ0n) is 10.7. The molecule has 0 aromatic heterocycles. The summed E-state index contributed by atoms with van der Waals surface area (Å²) >= 11 is 0. The average molecular weight is 230 g/mol. The molecule has 2 heteroatoms. The van der Waals surface area contributed by atoms with Gasteiger partial charge in [0.05, 0.1) is 0 Å². The first-order valence-corrected chi connectivity index (χ1v) is 6.86. The van der Waals surface area contributed by atoms with Crippen LogP contribution in [0, 0.1) is 0 Å². The lowest BCUT2D eigenvalue weighted by Gasteiger charge is -2.38. The number of nitrogens with one attached hydrogen (secondary N) is 1. The van der Waals surface area contributed by atoms with E-state index < -0.39 is 0 Å². The van der Waals surface area contributed by atoms with Crippen LogP contribution < -0.4 is 5.32 Å². The molecule has 1 aliphatic heterocycles. The average Bonchev–Trinajstić information content (AvgIpc) is 2.91. The van der Waals surface area contributed by atoms with E-state index in [2.05, 4.69) is 41.5 Å². The van der Waals surface area contributed by atoms with Crippen molar-refractivity contribution in [3.05, 3.63) is 35.4 Å². The maximum absolute atomic E-state index is 3.53. The summed E-state index contributed by atoms with van der Waals surface area (Å²) < 4.78 is 0. The smallest absolute Gasteiger partial charge is 0.0292 e. The fraction of sp³-hybridized carbons (Fsp3) is 0.600. The fourth-order valence-corrected chi connectivity index (χ4v) is 3.45. The molecule has 0 unspecified atom stereocenters. The van der Waals surface area contributed by atoms with Gasteiger partial charge in [-0.1, -0.05) is 24.3 Å². The van der Waals surface area contributed by atoms with Crippen molar-refractivity contribution in [1.29, 1.82) is 0 Å². The van der Waals surface area contributed by atoms with Crippen LogP contribution in [0.4, 0.5) is 0 Å². The maximum atomic E-state index is 3.53. The van der Waals surface area contributed by atoms with Crippen molar-refractivity contribution in [1.82, 2.24) is 10.2 Å². The molecule has 0 bridgehead atoms. The van der Waals surface area contributed by atoms with Gasteiger partial charge in [-0.15, -0.1) is 0 Å². The fourth-order valence-electron chi connectivity index (χ4n) is 3.45. The van der Waals surface area contributed by atoms with Gasteiger partial charge in [-0.05, 0) is 56.9 Å². The normalized spacial score (nSPS) is 29.2. The lowest BCUT2D eigenvalue weighted by Crippen LogP contribution is -2.52. The van der Waals surface area contributed by atoms with Crippen LogP contribution in [0.25, 0.3) is 0 Å². The third kappa shape index (κ3) is 2.12. The summed E-state index contributed by atoms with van der Waals surface area (Å²) in [6, 6.07) is 10.3. The summed E-state index contributed by atoms with van der Waals surface area (Å²) in [4.78, 5) is 2.69. The third-order valence-corrected chi connectivity index (χ3v) is 4.43. The van der Waals surface area contributed by atoms with Gasteiger partial charge in [0.25, 0.3) is 0 Å². The Balaban J connectivity index is 1.84. The largest absolute Gasteiger partial charge is 0.315 e. The van der Waals surface area contributed by atoms with Crippen molar-refractivity contribution >= 4 is 0 Å². The van der Waals surface area contributed by atoms with Crippen molar-refractivity contribution in [2.45, 2.75) is 37.8 Å². The highest BCUT2D eigenvalue weighted by atomic mass is 15.2. The predicted molar refractivity (Wildman–Crippen MR) is 71.3 cm³/mol. The Morgan fingerprint density at radius 2 is 1.71 bits per heavy atom. The topological polar surface area (TPSA) is 15.3 Å². The van der Waals surface area contributed by atoms with Gasteiger partial charge < -0.3 is 5.32 Å². The highest BCUT2D eigenvalue weighted by Crippen LogP contribution is 2.26. The molecule has 17 heavy (non-hydrogen) atoms. The van der Waals surface area contributed by atoms with E-state index in [0.29, 0.717) is 12.1 Å². The van der Waals surface area contributed by atoms with E-state index in [1.54, 1.807) is 11.1 Å². The molecule has 3 rings (SSSR count). The van der Waals surface area contributed by atoms with Gasteiger partial charge >= 0.3 is 0 Å². The molecule has 2 atom stereocenters. The van der Waals surface area contributed by atoms with Crippen LogP contribution in [-0.4, -0.2) is 37.1 Å². The van der Waals surface area contributed by atoms with Crippen LogP contribution in [0.3, 0.4) is 0 Å². The van der Waals surface area contributed by atoms with Crippen LogP contribution in [0.15, 0.2) is 24.3 Å². The monoisotopic (exact) mass is 230 g/mol. The van der Waals surface area contributed by atoms with Gasteiger partial charge in [0.1, 0.15) is 0 Å². The van der Waals surface area contributed by atoms with E-state index in [-0.39, 0.29) is 0 Å². The summed E-state index contributed by atoms with van der Waals surface area (Å²) in [6.45, 7) is 2.59. The van der Waals surface area contributed by atoms with Crippen molar-refractivity contribution in [3.63, 3.8) is 0 Å². The highest BCUT2D eigenvalue weighted by Gasteiger charge is 2.32. The molecule has 1 aromatic carbocycles. The quantitative estimate of drug-likeness (QED) is 0.834. The van der Waals surface area contributed by atoms with E-state index in [0.717, 1.165) is 0 Å². The first-order valence-electron chi connectivity index (χ1n) is 6.86. The van der Waals surface area contributed by atoms with E-state index in [1.807, 2.05) is 0 Å². The van der Waals surface area contributed by atoms with Crippen molar-refractivity contribution in [3.8, 4) is 0 Å². The van der Waals surface area contributed by atoms with Crippen LogP contribution in [0.2, 0.25) is 0 Å². The van der Waals surface area contributed by atoms with Gasteiger partial charge in [0.2, 0.25) is 0 Å². The molecule has 2 nitrogen and oxygen atoms in total. The van der Waals surface area contributed by atoms with E-state index in [1.165, 1.54) is 38.8 Å². The van der Waals surface area contributed by atoms with E-state index in [9.17, 15) is 0 Å². The van der Waals surface area contributed by atoms with Crippen molar-refractivity contribution < 1.29 is 0 Å². The zero-order chi connectivity index (χ0) is 11.7. The molecule has 0 spiro atoms. The minimum Gasteiger partial charge on any atom is -0.315 e. The number of likely N-dealkylation sites (tertiary alicyclic amines) is 1. The molecule has 2 aliphatic rings. The van der Waals surface area contributed by atoms with Crippen LogP contribution >= 0.6 is 0 Å². The van der Waals surface area contributed by atoms with Gasteiger partial charge in [-0.3, -0.25) is 4.90 Å². The highest BCUT2D eigenvalue weighted by molar-refractivity contribution is 5.32. The van der Waals surface area contributed by atoms with Gasteiger partial charge in [-0.2, -0.15) is 0 Å². The predicted octanol–water partition coefficient (Wildman–Crippen LogP) is 1.84. The molecular weight excluding hydrogens is 208 g/mol. The first kappa shape index (κ1) is 11.2. The first-order chi connectivity index (χ1) is 8.38. The molecule has 1 aromatic rings. The number of hydrogen-bond acceptors (Lipinski definition) is 2. The van der Waals surface area contributed by atoms with Crippen LogP contribution in [-0.2, 0) is 12.8 Å². The summed E-state index contributed by atoms with van der Waals surface area (Å²) in [7, 11) is 2.11. The van der Waals surface area contributed by atoms with Gasteiger partial charge in [0.15, 0.2) is 0 Å². The maximum Gasteiger partial charge on any atom is 0.0292 e. The standard InChI is InChI=1S/C15H22N2/c1-16-14-10-12-6-2-3-7-13(12)11-15(14)17-8-4-5-9-17/h2-3,6-7,14-16H,4-5,8-11H2,1H3/t14-,15-/m1/s1. The number of hydrogen-bond donors (Lipinski definition) is 1. The molecule has 0 amide bonds. The van der Waals surface area contributed by atoms with Gasteiger partial charge in [-0.25, -0.2) is 0 Å². The number of likely N-dealkylation sites (N-methyl/N-ethyl adjacent to an activating group) is 1. The molecular formula is C15H22N2. The van der Waals surface area contributed by atoms with Crippen LogP contribution in [0.1, 0.15) is 24.0 Å².